The summed E-state index contributed by atoms with van der Waals surface area (Å²) in [5.41, 5.74) is 3.62. The van der Waals surface area contributed by atoms with Gasteiger partial charge in [0.2, 0.25) is 0 Å². The van der Waals surface area contributed by atoms with Crippen LogP contribution in [0.15, 0.2) is 64.5 Å². The lowest BCUT2D eigenvalue weighted by Gasteiger charge is -2.16. The number of amides is 2. The molecule has 0 saturated heterocycles. The number of carbonyl (C=O) groups is 3. The number of aromatic nitrogens is 3. The van der Waals surface area contributed by atoms with Crippen LogP contribution in [0.3, 0.4) is 0 Å². The minimum atomic E-state index is -1.30. The van der Waals surface area contributed by atoms with Gasteiger partial charge in [-0.1, -0.05) is 18.2 Å². The minimum Gasteiger partial charge on any atom is -0.506 e. The topological polar surface area (TPSA) is 155 Å². The van der Waals surface area contributed by atoms with Crippen LogP contribution in [-0.2, 0) is 24.4 Å². The molecular formula is C26H21N5O6S. The first-order valence-corrected chi connectivity index (χ1v) is 12.4. The van der Waals surface area contributed by atoms with Crippen molar-refractivity contribution in [1.29, 1.82) is 0 Å². The molecule has 38 heavy (non-hydrogen) atoms. The van der Waals surface area contributed by atoms with Gasteiger partial charge in [-0.25, -0.2) is 4.98 Å². The van der Waals surface area contributed by atoms with Gasteiger partial charge >= 0.3 is 5.97 Å². The van der Waals surface area contributed by atoms with Crippen LogP contribution in [0.5, 0.6) is 5.75 Å². The maximum absolute atomic E-state index is 13.6. The van der Waals surface area contributed by atoms with Gasteiger partial charge in [-0.3, -0.25) is 24.2 Å². The van der Waals surface area contributed by atoms with Crippen molar-refractivity contribution in [3.05, 3.63) is 98.1 Å². The van der Waals surface area contributed by atoms with E-state index in [-0.39, 0.29) is 36.8 Å². The highest BCUT2D eigenvalue weighted by Crippen LogP contribution is 2.33. The molecule has 0 bridgehead atoms. The van der Waals surface area contributed by atoms with Crippen molar-refractivity contribution in [3.8, 4) is 16.9 Å². The third-order valence-corrected chi connectivity index (χ3v) is 6.78. The Morgan fingerprint density at radius 1 is 1.08 bits per heavy atom. The number of aliphatic carboxylic acids is 1. The second-order valence-corrected chi connectivity index (χ2v) is 9.31. The number of nitrogens with zero attached hydrogens (tertiary/aromatic N) is 4. The van der Waals surface area contributed by atoms with Crippen molar-refractivity contribution in [2.75, 3.05) is 6.54 Å². The number of hydrogen-bond donors (Lipinski definition) is 3. The van der Waals surface area contributed by atoms with Gasteiger partial charge in [-0.2, -0.15) is 0 Å². The van der Waals surface area contributed by atoms with Crippen molar-refractivity contribution in [2.45, 2.75) is 19.6 Å². The van der Waals surface area contributed by atoms with Crippen molar-refractivity contribution in [2.24, 2.45) is 0 Å². The molecule has 11 nitrogen and oxygen atoms in total. The Hall–Kier alpha value is -4.84. The maximum Gasteiger partial charge on any atom is 0.322 e. The molecule has 0 spiro atoms. The number of thiazole rings is 1. The maximum atomic E-state index is 13.6. The number of pyridine rings is 2. The summed E-state index contributed by atoms with van der Waals surface area (Å²) in [6, 6.07) is 11.2. The molecule has 1 aliphatic rings. The summed E-state index contributed by atoms with van der Waals surface area (Å²) in [5.74, 6) is -3.26. The zero-order valence-corrected chi connectivity index (χ0v) is 20.6. The van der Waals surface area contributed by atoms with Crippen molar-refractivity contribution in [3.63, 3.8) is 0 Å². The van der Waals surface area contributed by atoms with Gasteiger partial charge in [0.25, 0.3) is 17.4 Å². The smallest absolute Gasteiger partial charge is 0.322 e. The van der Waals surface area contributed by atoms with Crippen molar-refractivity contribution < 1.29 is 24.6 Å². The number of carboxylic acid groups (broad SMARTS) is 1. The van der Waals surface area contributed by atoms with Gasteiger partial charge in [0.1, 0.15) is 23.6 Å². The number of fused-ring (bicyclic) bond motifs is 1. The highest BCUT2D eigenvalue weighted by atomic mass is 32.1. The number of aromatic hydroxyl groups is 1. The first-order chi connectivity index (χ1) is 18.3. The highest BCUT2D eigenvalue weighted by Gasteiger charge is 2.34. The largest absolute Gasteiger partial charge is 0.506 e. The molecule has 0 unspecified atom stereocenters. The minimum absolute atomic E-state index is 0.0234. The van der Waals surface area contributed by atoms with E-state index in [2.05, 4.69) is 15.3 Å². The summed E-state index contributed by atoms with van der Waals surface area (Å²) in [6.45, 7) is -0.695. The Balaban J connectivity index is 1.57. The van der Waals surface area contributed by atoms with E-state index in [1.54, 1.807) is 17.8 Å². The number of rotatable bonds is 7. The fourth-order valence-electron chi connectivity index (χ4n) is 4.40. The Morgan fingerprint density at radius 2 is 1.87 bits per heavy atom. The average Bonchev–Trinajstić information content (AvgIpc) is 3.61. The van der Waals surface area contributed by atoms with Crippen LogP contribution in [0.2, 0.25) is 0 Å². The molecule has 5 rings (SSSR count). The fraction of sp³-hybridized carbons (Fsp3) is 0.154. The molecule has 4 aromatic rings. The summed E-state index contributed by atoms with van der Waals surface area (Å²) in [5, 5.41) is 23.7. The van der Waals surface area contributed by atoms with Gasteiger partial charge in [0.05, 0.1) is 25.1 Å². The molecule has 1 aliphatic heterocycles. The van der Waals surface area contributed by atoms with Crippen LogP contribution in [0.1, 0.15) is 37.7 Å². The van der Waals surface area contributed by atoms with E-state index < -0.39 is 35.3 Å². The lowest BCUT2D eigenvalue weighted by atomic mass is 10.0. The average molecular weight is 532 g/mol. The van der Waals surface area contributed by atoms with Gasteiger partial charge in [-0.05, 0) is 34.9 Å². The predicted molar refractivity (Wildman–Crippen MR) is 137 cm³/mol. The molecule has 192 valence electrons. The summed E-state index contributed by atoms with van der Waals surface area (Å²) >= 11 is 1.27. The molecule has 0 radical (unpaired) electrons. The second-order valence-electron chi connectivity index (χ2n) is 8.59. The first kappa shape index (κ1) is 24.8. The van der Waals surface area contributed by atoms with Crippen LogP contribution < -0.4 is 10.9 Å². The molecule has 0 aliphatic carbocycles. The molecule has 2 amide bonds. The van der Waals surface area contributed by atoms with Crippen molar-refractivity contribution in [1.82, 2.24) is 24.8 Å². The number of nitrogens with one attached hydrogen (secondary N) is 1. The molecule has 4 heterocycles. The van der Waals surface area contributed by atoms with E-state index >= 15 is 0 Å². The molecule has 0 saturated carbocycles. The Kier molecular flexibility index (Phi) is 6.71. The summed E-state index contributed by atoms with van der Waals surface area (Å²) < 4.78 is 1.35. The van der Waals surface area contributed by atoms with E-state index in [0.29, 0.717) is 5.69 Å². The summed E-state index contributed by atoms with van der Waals surface area (Å²) in [7, 11) is 0. The van der Waals surface area contributed by atoms with Crippen molar-refractivity contribution >= 4 is 29.1 Å². The molecule has 1 aromatic carbocycles. The van der Waals surface area contributed by atoms with E-state index in [4.69, 9.17) is 5.11 Å². The van der Waals surface area contributed by atoms with E-state index in [0.717, 1.165) is 16.7 Å². The van der Waals surface area contributed by atoms with Gasteiger partial charge in [0, 0.05) is 29.0 Å². The number of hydrogen-bond acceptors (Lipinski definition) is 8. The van der Waals surface area contributed by atoms with Gasteiger partial charge in [-0.15, -0.1) is 11.3 Å². The van der Waals surface area contributed by atoms with Gasteiger partial charge in [0.15, 0.2) is 0 Å². The Labute approximate surface area is 219 Å². The number of benzene rings is 1. The SMILES string of the molecule is O=C(O)CNC(=O)c1c(O)c2c(n(Cc3cccc(-c4ccncc4)c3)c1=O)CN(C(=O)c1cscn1)C2. The molecule has 3 aromatic heterocycles. The third kappa shape index (κ3) is 4.76. The standard InChI is InChI=1S/C26H21N5O6S/c32-21(33)9-28-24(35)22-23(34)18-11-30(25(36)19-13-38-14-29-19)12-20(18)31(26(22)37)10-15-2-1-3-17(8-15)16-4-6-27-7-5-16/h1-8,13-14,34H,9-12H2,(H,28,35)(H,32,33). The van der Waals surface area contributed by atoms with E-state index in [1.165, 1.54) is 26.3 Å². The zero-order chi connectivity index (χ0) is 26.8. The highest BCUT2D eigenvalue weighted by molar-refractivity contribution is 7.07. The van der Waals surface area contributed by atoms with Crippen LogP contribution in [-0.4, -0.2) is 54.0 Å². The molecular weight excluding hydrogens is 510 g/mol. The van der Waals surface area contributed by atoms with Crippen LogP contribution in [0.4, 0.5) is 0 Å². The second kappa shape index (κ2) is 10.3. The number of carbonyl (C=O) groups excluding carboxylic acids is 2. The van der Waals surface area contributed by atoms with Crippen LogP contribution in [0, 0.1) is 0 Å². The van der Waals surface area contributed by atoms with E-state index in [9.17, 15) is 24.3 Å². The normalized spacial score (nSPS) is 12.3. The lowest BCUT2D eigenvalue weighted by Crippen LogP contribution is -2.37. The first-order valence-electron chi connectivity index (χ1n) is 11.5. The van der Waals surface area contributed by atoms with Crippen LogP contribution in [0.25, 0.3) is 11.1 Å². The Morgan fingerprint density at radius 3 is 2.58 bits per heavy atom. The fourth-order valence-corrected chi connectivity index (χ4v) is 4.93. The summed E-state index contributed by atoms with van der Waals surface area (Å²) in [6.07, 6.45) is 3.35. The third-order valence-electron chi connectivity index (χ3n) is 6.19. The molecule has 0 atom stereocenters. The monoisotopic (exact) mass is 531 g/mol. The van der Waals surface area contributed by atoms with Gasteiger partial charge < -0.3 is 25.0 Å². The predicted octanol–water partition coefficient (Wildman–Crippen LogP) is 2.09. The zero-order valence-electron chi connectivity index (χ0n) is 19.8. The molecule has 0 fully saturated rings. The van der Waals surface area contributed by atoms with Crippen LogP contribution >= 0.6 is 11.3 Å². The van der Waals surface area contributed by atoms with E-state index in [1.807, 2.05) is 36.4 Å². The number of carboxylic acids is 1. The molecule has 3 N–H and O–H groups in total. The Bertz CT molecular complexity index is 1600. The lowest BCUT2D eigenvalue weighted by molar-refractivity contribution is -0.135. The quantitative estimate of drug-likeness (QED) is 0.328. The molecule has 12 heteroatoms. The summed E-state index contributed by atoms with van der Waals surface area (Å²) in [4.78, 5) is 59.8.